The molecule has 0 saturated carbocycles. The molecule has 5 nitrogen and oxygen atoms in total. The van der Waals surface area contributed by atoms with Crippen LogP contribution in [0.4, 0.5) is 0 Å². The second kappa shape index (κ2) is 15.1. The maximum absolute atomic E-state index is 9.22. The molecule has 51 heavy (non-hydrogen) atoms. The molecule has 0 aromatic heterocycles. The lowest BCUT2D eigenvalue weighted by molar-refractivity contribution is 0.506. The minimum Gasteiger partial charge on any atom is -0.373 e. The van der Waals surface area contributed by atoms with E-state index in [0.717, 1.165) is 64.0 Å². The fourth-order valence-corrected chi connectivity index (χ4v) is 7.06. The fourth-order valence-electron chi connectivity index (χ4n) is 7.06. The predicted molar refractivity (Wildman–Crippen MR) is 215 cm³/mol. The summed E-state index contributed by atoms with van der Waals surface area (Å²) in [5.74, 6) is 0.820. The number of nitrogens with one attached hydrogen (secondary N) is 2. The Bertz CT molecular complexity index is 2160. The van der Waals surface area contributed by atoms with Crippen LogP contribution in [0.15, 0.2) is 187 Å². The van der Waals surface area contributed by atoms with Crippen molar-refractivity contribution in [2.75, 3.05) is 7.05 Å². The number of hydrogen-bond donors (Lipinski definition) is 2. The molecular formula is C46H43N5. The van der Waals surface area contributed by atoms with Crippen LogP contribution < -0.4 is 5.32 Å². The second-order valence-electron chi connectivity index (χ2n) is 12.8. The molecule has 3 aliphatic heterocycles. The van der Waals surface area contributed by atoms with Gasteiger partial charge in [-0.3, -0.25) is 5.41 Å². The largest absolute Gasteiger partial charge is 0.373 e. The first kappa shape index (κ1) is 33.3. The molecule has 1 unspecified atom stereocenters. The van der Waals surface area contributed by atoms with Crippen molar-refractivity contribution in [1.29, 1.82) is 5.41 Å². The Morgan fingerprint density at radius 3 is 2.43 bits per heavy atom. The number of fused-ring (bicyclic) bond motifs is 1. The van der Waals surface area contributed by atoms with Crippen LogP contribution in [0.25, 0.3) is 17.0 Å². The van der Waals surface area contributed by atoms with Gasteiger partial charge in [0.1, 0.15) is 5.84 Å². The van der Waals surface area contributed by atoms with Gasteiger partial charge in [-0.1, -0.05) is 115 Å². The number of benzene rings is 3. The van der Waals surface area contributed by atoms with Crippen LogP contribution >= 0.6 is 0 Å². The zero-order valence-electron chi connectivity index (χ0n) is 29.3. The summed E-state index contributed by atoms with van der Waals surface area (Å²) >= 11 is 0. The normalized spacial score (nSPS) is 18.6. The molecule has 252 valence electrons. The highest BCUT2D eigenvalue weighted by molar-refractivity contribution is 6.11. The Morgan fingerprint density at radius 2 is 1.63 bits per heavy atom. The average molecular weight is 666 g/mol. The van der Waals surface area contributed by atoms with Crippen LogP contribution in [-0.2, 0) is 0 Å². The van der Waals surface area contributed by atoms with Gasteiger partial charge in [0.05, 0.1) is 17.4 Å². The number of allylic oxidation sites excluding steroid dienone is 12. The van der Waals surface area contributed by atoms with Crippen molar-refractivity contribution in [3.63, 3.8) is 0 Å². The average Bonchev–Trinajstić information content (AvgIpc) is 3.20. The quantitative estimate of drug-likeness (QED) is 0.109. The Balaban J connectivity index is 1.25. The highest BCUT2D eigenvalue weighted by Gasteiger charge is 2.25. The Hall–Kier alpha value is -6.20. The van der Waals surface area contributed by atoms with E-state index in [1.54, 1.807) is 0 Å². The number of amidine groups is 2. The van der Waals surface area contributed by atoms with Crippen LogP contribution in [0.1, 0.15) is 54.0 Å². The molecule has 2 N–H and O–H groups in total. The molecule has 0 amide bonds. The molecule has 5 heteroatoms. The van der Waals surface area contributed by atoms with Crippen LogP contribution in [0.5, 0.6) is 0 Å². The minimum absolute atomic E-state index is 0.0125. The second-order valence-corrected chi connectivity index (χ2v) is 12.8. The number of hydrogen-bond acceptors (Lipinski definition) is 3. The van der Waals surface area contributed by atoms with Gasteiger partial charge in [-0.2, -0.15) is 0 Å². The summed E-state index contributed by atoms with van der Waals surface area (Å²) in [6, 6.07) is 27.1. The van der Waals surface area contributed by atoms with Crippen molar-refractivity contribution in [3.8, 4) is 0 Å². The monoisotopic (exact) mass is 665 g/mol. The molecule has 0 fully saturated rings. The molecule has 1 atom stereocenters. The highest BCUT2D eigenvalue weighted by Crippen LogP contribution is 2.40. The van der Waals surface area contributed by atoms with Gasteiger partial charge < -0.3 is 15.1 Å². The summed E-state index contributed by atoms with van der Waals surface area (Å²) in [6.45, 7) is 6.29. The van der Waals surface area contributed by atoms with Gasteiger partial charge >= 0.3 is 0 Å². The van der Waals surface area contributed by atoms with Crippen molar-refractivity contribution >= 4 is 28.6 Å². The van der Waals surface area contributed by atoms with E-state index in [1.807, 2.05) is 37.4 Å². The van der Waals surface area contributed by atoms with Gasteiger partial charge in [0.15, 0.2) is 5.84 Å². The molecule has 7 rings (SSSR count). The SMILES string of the molecule is C=CC1C=CC=CN1/C(=C(\C)c1ccccc1)c1cccc(/C(=N/C(=N)c2cccc(C3=C(C4=CCCC=C4)CC=C4C=CC=CN43)c2)NC)c1. The van der Waals surface area contributed by atoms with E-state index in [4.69, 9.17) is 4.99 Å². The lowest BCUT2D eigenvalue weighted by Crippen LogP contribution is -2.28. The van der Waals surface area contributed by atoms with Gasteiger partial charge in [0, 0.05) is 36.3 Å². The van der Waals surface area contributed by atoms with E-state index in [0.29, 0.717) is 5.84 Å². The maximum atomic E-state index is 9.22. The standard InChI is InChI=1S/C46H43N5/c1-4-40-25-11-13-29-50(40)43(33(2)34-17-7-5-8-18-34)36-21-16-24-39(32-36)46(48-3)49-45(47)38-23-15-22-37(31-38)44-42(35-19-9-6-10-20-35)28-27-41-26-12-14-30-51(41)44/h4-5,7-9,11-27,29-32,40H,1,6,10,28H2,2-3H3,(H2,47,48,49)/b43-33+. The van der Waals surface area contributed by atoms with Crippen LogP contribution in [-0.4, -0.2) is 34.6 Å². The van der Waals surface area contributed by atoms with Crippen LogP contribution in [0, 0.1) is 5.41 Å². The smallest absolute Gasteiger partial charge is 0.154 e. The van der Waals surface area contributed by atoms with Gasteiger partial charge in [0.2, 0.25) is 0 Å². The Labute approximate surface area is 301 Å². The zero-order chi connectivity index (χ0) is 35.2. The molecular weight excluding hydrogens is 623 g/mol. The topological polar surface area (TPSA) is 54.7 Å². The van der Waals surface area contributed by atoms with E-state index >= 15 is 0 Å². The molecule has 0 spiro atoms. The van der Waals surface area contributed by atoms with Crippen LogP contribution in [0.2, 0.25) is 0 Å². The van der Waals surface area contributed by atoms with Gasteiger partial charge in [0.25, 0.3) is 0 Å². The molecule has 3 heterocycles. The molecule has 0 bridgehead atoms. The van der Waals surface area contributed by atoms with Crippen molar-refractivity contribution in [1.82, 2.24) is 15.1 Å². The van der Waals surface area contributed by atoms with E-state index in [1.165, 1.54) is 16.8 Å². The predicted octanol–water partition coefficient (Wildman–Crippen LogP) is 10.2. The first-order chi connectivity index (χ1) is 25.1. The van der Waals surface area contributed by atoms with Crippen molar-refractivity contribution in [3.05, 3.63) is 209 Å². The van der Waals surface area contributed by atoms with Crippen molar-refractivity contribution < 1.29 is 0 Å². The van der Waals surface area contributed by atoms with Crippen LogP contribution in [0.3, 0.4) is 0 Å². The van der Waals surface area contributed by atoms with E-state index < -0.39 is 0 Å². The van der Waals surface area contributed by atoms with E-state index in [9.17, 15) is 5.41 Å². The minimum atomic E-state index is 0.0125. The van der Waals surface area contributed by atoms with Crippen molar-refractivity contribution in [2.24, 2.45) is 4.99 Å². The van der Waals surface area contributed by atoms with Gasteiger partial charge in [-0.05, 0) is 90.0 Å². The summed E-state index contributed by atoms with van der Waals surface area (Å²) in [6.07, 6.45) is 30.9. The summed E-state index contributed by atoms with van der Waals surface area (Å²) in [7, 11) is 1.86. The van der Waals surface area contributed by atoms with E-state index in [2.05, 4.69) is 156 Å². The first-order valence-electron chi connectivity index (χ1n) is 17.6. The number of aliphatic imine (C=N–C) groups is 1. The molecule has 4 aliphatic rings. The lowest BCUT2D eigenvalue weighted by atomic mass is 9.89. The fraction of sp³-hybridized carbons (Fsp3) is 0.130. The summed E-state index contributed by atoms with van der Waals surface area (Å²) in [5.41, 5.74) is 12.0. The summed E-state index contributed by atoms with van der Waals surface area (Å²) in [4.78, 5) is 9.42. The third-order valence-corrected chi connectivity index (χ3v) is 9.61. The first-order valence-corrected chi connectivity index (χ1v) is 17.6. The number of nitrogens with zero attached hydrogens (tertiary/aromatic N) is 3. The summed E-state index contributed by atoms with van der Waals surface area (Å²) in [5, 5.41) is 12.5. The van der Waals surface area contributed by atoms with E-state index in [-0.39, 0.29) is 11.9 Å². The molecule has 1 aliphatic carbocycles. The molecule has 3 aromatic rings. The van der Waals surface area contributed by atoms with Gasteiger partial charge in [-0.25, -0.2) is 4.99 Å². The highest BCUT2D eigenvalue weighted by atomic mass is 15.2. The van der Waals surface area contributed by atoms with Gasteiger partial charge in [-0.15, -0.1) is 6.58 Å². The summed E-state index contributed by atoms with van der Waals surface area (Å²) < 4.78 is 0. The maximum Gasteiger partial charge on any atom is 0.154 e. The Morgan fingerprint density at radius 1 is 0.843 bits per heavy atom. The number of rotatable bonds is 8. The zero-order valence-corrected chi connectivity index (χ0v) is 29.3. The Kier molecular flexibility index (Phi) is 9.89. The third kappa shape index (κ3) is 6.97. The van der Waals surface area contributed by atoms with Crippen molar-refractivity contribution in [2.45, 2.75) is 32.2 Å². The molecule has 0 saturated heterocycles. The third-order valence-electron chi connectivity index (χ3n) is 9.61. The molecule has 0 radical (unpaired) electrons. The lowest BCUT2D eigenvalue weighted by Gasteiger charge is -2.33. The molecule has 3 aromatic carbocycles.